The minimum absolute atomic E-state index is 0.233. The molecule has 0 amide bonds. The highest BCUT2D eigenvalue weighted by atomic mass is 16.5. The van der Waals surface area contributed by atoms with Crippen molar-refractivity contribution >= 4 is 5.97 Å². The maximum atomic E-state index is 10.7. The van der Waals surface area contributed by atoms with E-state index in [0.717, 1.165) is 0 Å². The standard InChI is InChI=1S/C9H16N2O2/c1-9(2,5-6-10)11-7-4-8(12)13-3/h11H,4-5,7H2,1-3H3. The van der Waals surface area contributed by atoms with Gasteiger partial charge in [-0.15, -0.1) is 0 Å². The summed E-state index contributed by atoms with van der Waals surface area (Å²) >= 11 is 0. The van der Waals surface area contributed by atoms with Gasteiger partial charge in [0.05, 0.1) is 26.0 Å². The van der Waals surface area contributed by atoms with Gasteiger partial charge in [0.2, 0.25) is 0 Å². The van der Waals surface area contributed by atoms with Crippen LogP contribution in [0.4, 0.5) is 0 Å². The number of ether oxygens (including phenoxy) is 1. The predicted molar refractivity (Wildman–Crippen MR) is 48.9 cm³/mol. The average Bonchev–Trinajstić information content (AvgIpc) is 2.03. The molecule has 0 saturated heterocycles. The van der Waals surface area contributed by atoms with Gasteiger partial charge < -0.3 is 10.1 Å². The maximum absolute atomic E-state index is 10.7. The lowest BCUT2D eigenvalue weighted by atomic mass is 10.0. The van der Waals surface area contributed by atoms with Gasteiger partial charge in [0.25, 0.3) is 0 Å². The van der Waals surface area contributed by atoms with Crippen LogP contribution >= 0.6 is 0 Å². The van der Waals surface area contributed by atoms with Crippen molar-refractivity contribution in [3.05, 3.63) is 0 Å². The van der Waals surface area contributed by atoms with E-state index >= 15 is 0 Å². The zero-order valence-electron chi connectivity index (χ0n) is 8.39. The Morgan fingerprint density at radius 2 is 2.23 bits per heavy atom. The summed E-state index contributed by atoms with van der Waals surface area (Å²) in [7, 11) is 1.36. The summed E-state index contributed by atoms with van der Waals surface area (Å²) in [4.78, 5) is 10.7. The van der Waals surface area contributed by atoms with Gasteiger partial charge >= 0.3 is 5.97 Å². The summed E-state index contributed by atoms with van der Waals surface area (Å²) in [6.45, 7) is 4.39. The smallest absolute Gasteiger partial charge is 0.306 e. The van der Waals surface area contributed by atoms with Crippen LogP contribution in [0.15, 0.2) is 0 Å². The maximum Gasteiger partial charge on any atom is 0.306 e. The van der Waals surface area contributed by atoms with Crippen LogP contribution in [0.5, 0.6) is 0 Å². The number of nitriles is 1. The molecule has 0 heterocycles. The monoisotopic (exact) mass is 184 g/mol. The number of methoxy groups -OCH3 is 1. The molecule has 0 aliphatic rings. The van der Waals surface area contributed by atoms with Gasteiger partial charge in [-0.3, -0.25) is 4.79 Å². The lowest BCUT2D eigenvalue weighted by molar-refractivity contribution is -0.140. The summed E-state index contributed by atoms with van der Waals surface area (Å²) < 4.78 is 4.48. The van der Waals surface area contributed by atoms with Crippen molar-refractivity contribution in [1.82, 2.24) is 5.32 Å². The SMILES string of the molecule is COC(=O)CCNC(C)(C)CC#N. The van der Waals surface area contributed by atoms with E-state index in [1.54, 1.807) is 0 Å². The molecular weight excluding hydrogens is 168 g/mol. The van der Waals surface area contributed by atoms with Gasteiger partial charge in [-0.2, -0.15) is 5.26 Å². The number of nitrogens with one attached hydrogen (secondary N) is 1. The van der Waals surface area contributed by atoms with E-state index in [1.807, 2.05) is 13.8 Å². The lowest BCUT2D eigenvalue weighted by Crippen LogP contribution is -2.40. The Hall–Kier alpha value is -1.08. The molecule has 1 N–H and O–H groups in total. The summed E-state index contributed by atoms with van der Waals surface area (Å²) in [6, 6.07) is 2.08. The first-order valence-corrected chi connectivity index (χ1v) is 4.20. The number of hydrogen-bond acceptors (Lipinski definition) is 4. The number of carbonyl (C=O) groups excluding carboxylic acids is 1. The lowest BCUT2D eigenvalue weighted by Gasteiger charge is -2.22. The van der Waals surface area contributed by atoms with Crippen molar-refractivity contribution in [2.24, 2.45) is 0 Å². The second-order valence-electron chi connectivity index (χ2n) is 3.47. The minimum Gasteiger partial charge on any atom is -0.469 e. The van der Waals surface area contributed by atoms with E-state index < -0.39 is 0 Å². The van der Waals surface area contributed by atoms with E-state index in [1.165, 1.54) is 7.11 Å². The molecule has 0 unspecified atom stereocenters. The van der Waals surface area contributed by atoms with Crippen LogP contribution in [0, 0.1) is 11.3 Å². The Morgan fingerprint density at radius 3 is 2.69 bits per heavy atom. The summed E-state index contributed by atoms with van der Waals surface area (Å²) in [5.41, 5.74) is -0.233. The Balaban J connectivity index is 3.64. The van der Waals surface area contributed by atoms with E-state index in [0.29, 0.717) is 19.4 Å². The molecular formula is C9H16N2O2. The summed E-state index contributed by atoms with van der Waals surface area (Å²) in [5.74, 6) is -0.236. The van der Waals surface area contributed by atoms with Gasteiger partial charge in [-0.05, 0) is 13.8 Å². The molecule has 0 aromatic rings. The van der Waals surface area contributed by atoms with Gasteiger partial charge in [-0.1, -0.05) is 0 Å². The first-order chi connectivity index (χ1) is 6.02. The number of carbonyl (C=O) groups is 1. The zero-order valence-corrected chi connectivity index (χ0v) is 8.39. The van der Waals surface area contributed by atoms with Gasteiger partial charge in [-0.25, -0.2) is 0 Å². The third-order valence-corrected chi connectivity index (χ3v) is 1.68. The van der Waals surface area contributed by atoms with Crippen molar-refractivity contribution in [3.63, 3.8) is 0 Å². The molecule has 4 nitrogen and oxygen atoms in total. The van der Waals surface area contributed by atoms with Crippen molar-refractivity contribution in [1.29, 1.82) is 5.26 Å². The first-order valence-electron chi connectivity index (χ1n) is 4.20. The molecule has 0 spiro atoms. The number of rotatable bonds is 5. The molecule has 0 aromatic carbocycles. The van der Waals surface area contributed by atoms with Crippen molar-refractivity contribution < 1.29 is 9.53 Å². The molecule has 74 valence electrons. The summed E-state index contributed by atoms with van der Waals surface area (Å²) in [5, 5.41) is 11.6. The number of esters is 1. The quantitative estimate of drug-likeness (QED) is 0.643. The van der Waals surface area contributed by atoms with Crippen molar-refractivity contribution in [2.45, 2.75) is 32.2 Å². The molecule has 0 rings (SSSR count). The summed E-state index contributed by atoms with van der Waals surface area (Å²) in [6.07, 6.45) is 0.763. The minimum atomic E-state index is -0.236. The van der Waals surface area contributed by atoms with Crippen LogP contribution in [0.25, 0.3) is 0 Å². The second-order valence-corrected chi connectivity index (χ2v) is 3.47. The van der Waals surface area contributed by atoms with E-state index in [4.69, 9.17) is 5.26 Å². The van der Waals surface area contributed by atoms with E-state index in [-0.39, 0.29) is 11.5 Å². The molecule has 0 aliphatic carbocycles. The number of nitrogens with zero attached hydrogens (tertiary/aromatic N) is 1. The normalized spacial score (nSPS) is 10.6. The third-order valence-electron chi connectivity index (χ3n) is 1.68. The van der Waals surface area contributed by atoms with Gasteiger partial charge in [0.1, 0.15) is 0 Å². The van der Waals surface area contributed by atoms with Crippen LogP contribution in [0.3, 0.4) is 0 Å². The Labute approximate surface area is 78.9 Å². The highest BCUT2D eigenvalue weighted by Gasteiger charge is 2.16. The van der Waals surface area contributed by atoms with Crippen LogP contribution in [-0.4, -0.2) is 25.2 Å². The molecule has 4 heteroatoms. The van der Waals surface area contributed by atoms with Crippen LogP contribution in [0.2, 0.25) is 0 Å². The largest absolute Gasteiger partial charge is 0.469 e. The molecule has 0 aliphatic heterocycles. The average molecular weight is 184 g/mol. The molecule has 0 saturated carbocycles. The van der Waals surface area contributed by atoms with Crippen LogP contribution in [0.1, 0.15) is 26.7 Å². The fourth-order valence-corrected chi connectivity index (χ4v) is 0.865. The number of hydrogen-bond donors (Lipinski definition) is 1. The molecule has 0 fully saturated rings. The van der Waals surface area contributed by atoms with E-state index in [2.05, 4.69) is 16.1 Å². The molecule has 13 heavy (non-hydrogen) atoms. The first kappa shape index (κ1) is 11.9. The molecule has 0 radical (unpaired) electrons. The molecule has 0 aromatic heterocycles. The molecule has 0 atom stereocenters. The fraction of sp³-hybridized carbons (Fsp3) is 0.778. The predicted octanol–water partition coefficient (Wildman–Crippen LogP) is 0.831. The Bertz CT molecular complexity index is 206. The second kappa shape index (κ2) is 5.55. The van der Waals surface area contributed by atoms with Crippen LogP contribution in [-0.2, 0) is 9.53 Å². The van der Waals surface area contributed by atoms with Crippen molar-refractivity contribution in [2.75, 3.05) is 13.7 Å². The van der Waals surface area contributed by atoms with Crippen LogP contribution < -0.4 is 5.32 Å². The highest BCUT2D eigenvalue weighted by molar-refractivity contribution is 5.69. The van der Waals surface area contributed by atoms with Crippen molar-refractivity contribution in [3.8, 4) is 6.07 Å². The Kier molecular flexibility index (Phi) is 5.09. The third kappa shape index (κ3) is 6.12. The van der Waals surface area contributed by atoms with Gasteiger partial charge in [0, 0.05) is 12.1 Å². The van der Waals surface area contributed by atoms with E-state index in [9.17, 15) is 4.79 Å². The highest BCUT2D eigenvalue weighted by Crippen LogP contribution is 2.06. The zero-order chi connectivity index (χ0) is 10.3. The Morgan fingerprint density at radius 1 is 1.62 bits per heavy atom. The fourth-order valence-electron chi connectivity index (χ4n) is 0.865. The van der Waals surface area contributed by atoms with Gasteiger partial charge in [0.15, 0.2) is 0 Å². The topological polar surface area (TPSA) is 62.1 Å². The molecule has 0 bridgehead atoms.